The van der Waals surface area contributed by atoms with Gasteiger partial charge in [-0.3, -0.25) is 9.59 Å². The van der Waals surface area contributed by atoms with Crippen molar-refractivity contribution in [1.82, 2.24) is 15.6 Å². The van der Waals surface area contributed by atoms with E-state index in [9.17, 15) is 31.9 Å². The molecule has 2 amide bonds. The molecule has 0 unspecified atom stereocenters. The Morgan fingerprint density at radius 3 is 2.49 bits per heavy atom. The Labute approximate surface area is 303 Å². The average molecular weight is 731 g/mol. The second kappa shape index (κ2) is 14.5. The minimum absolute atomic E-state index is 0.0949. The number of hydrogen-bond acceptors (Lipinski definition) is 5. The van der Waals surface area contributed by atoms with Gasteiger partial charge in [-0.05, 0) is 92.9 Å². The molecule has 0 aliphatic carbocycles. The first-order valence-electron chi connectivity index (χ1n) is 18.2. The summed E-state index contributed by atoms with van der Waals surface area (Å²) in [6, 6.07) is 14.3. The third-order valence-corrected chi connectivity index (χ3v) is 10.5. The number of aromatic amines is 1. The number of alkyl halides is 3. The molecule has 4 heterocycles. The third kappa shape index (κ3) is 7.46. The molecule has 7 rings (SSSR count). The number of halogens is 4. The molecule has 278 valence electrons. The Kier molecular flexibility index (Phi) is 9.92. The first-order valence-corrected chi connectivity index (χ1v) is 18.2. The number of unbranched alkanes of at least 4 members (excludes halogenated alkanes) is 4. The zero-order valence-corrected chi connectivity index (χ0v) is 29.8. The highest BCUT2D eigenvalue weighted by Crippen LogP contribution is 2.42. The fourth-order valence-corrected chi connectivity index (χ4v) is 7.86. The van der Waals surface area contributed by atoms with Gasteiger partial charge in [-0.25, -0.2) is 9.18 Å². The van der Waals surface area contributed by atoms with Gasteiger partial charge in [0.15, 0.2) is 0 Å². The van der Waals surface area contributed by atoms with Crippen LogP contribution < -0.4 is 21.2 Å². The van der Waals surface area contributed by atoms with Crippen LogP contribution in [0.3, 0.4) is 0 Å². The molecule has 3 aromatic carbocycles. The van der Waals surface area contributed by atoms with Gasteiger partial charge >= 0.3 is 11.8 Å². The van der Waals surface area contributed by atoms with Crippen LogP contribution in [-0.2, 0) is 30.4 Å². The summed E-state index contributed by atoms with van der Waals surface area (Å²) in [5, 5.41) is 6.96. The van der Waals surface area contributed by atoms with Crippen molar-refractivity contribution in [2.75, 3.05) is 18.0 Å². The van der Waals surface area contributed by atoms with Gasteiger partial charge in [0.05, 0.1) is 16.8 Å². The van der Waals surface area contributed by atoms with Gasteiger partial charge in [0.1, 0.15) is 11.4 Å². The molecule has 2 aliphatic heterocycles. The molecule has 0 radical (unpaired) electrons. The van der Waals surface area contributed by atoms with Crippen molar-refractivity contribution in [2.24, 2.45) is 0 Å². The maximum absolute atomic E-state index is 14.2. The number of amides is 2. The number of fused-ring (bicyclic) bond motifs is 2. The van der Waals surface area contributed by atoms with E-state index in [1.807, 2.05) is 26.0 Å². The van der Waals surface area contributed by atoms with E-state index in [0.29, 0.717) is 73.6 Å². The van der Waals surface area contributed by atoms with E-state index in [2.05, 4.69) is 27.8 Å². The van der Waals surface area contributed by atoms with Crippen LogP contribution in [0.4, 0.5) is 23.2 Å². The number of rotatable bonds is 11. The number of benzene rings is 3. The predicted octanol–water partition coefficient (Wildman–Crippen LogP) is 8.57. The Hall–Kier alpha value is -4.97. The van der Waals surface area contributed by atoms with Gasteiger partial charge in [-0.1, -0.05) is 43.5 Å². The van der Waals surface area contributed by atoms with Crippen molar-refractivity contribution in [2.45, 2.75) is 89.9 Å². The van der Waals surface area contributed by atoms with E-state index in [-0.39, 0.29) is 22.8 Å². The van der Waals surface area contributed by atoms with Crippen molar-refractivity contribution < 1.29 is 31.6 Å². The second-order valence-electron chi connectivity index (χ2n) is 14.7. The number of hydrogen-bond donors (Lipinski definition) is 3. The molecule has 0 spiro atoms. The molecule has 0 atom stereocenters. The lowest BCUT2D eigenvalue weighted by molar-refractivity contribution is -0.136. The van der Waals surface area contributed by atoms with E-state index >= 15 is 0 Å². The Morgan fingerprint density at radius 2 is 1.72 bits per heavy atom. The molecule has 0 saturated carbocycles. The molecule has 0 bridgehead atoms. The highest BCUT2D eigenvalue weighted by atomic mass is 19.4. The number of aromatic nitrogens is 1. The Morgan fingerprint density at radius 1 is 0.962 bits per heavy atom. The predicted molar refractivity (Wildman–Crippen MR) is 197 cm³/mol. The zero-order valence-electron chi connectivity index (χ0n) is 29.8. The quantitative estimate of drug-likeness (QED) is 0.0718. The smallest absolute Gasteiger partial charge is 0.417 e. The Balaban J connectivity index is 0.875. The van der Waals surface area contributed by atoms with Crippen molar-refractivity contribution in [1.29, 1.82) is 0 Å². The number of nitrogens with zero attached hydrogens (tertiary/aromatic N) is 1. The van der Waals surface area contributed by atoms with Crippen LogP contribution in [0.2, 0.25) is 0 Å². The highest BCUT2D eigenvalue weighted by molar-refractivity contribution is 6.10. The van der Waals surface area contributed by atoms with Crippen LogP contribution in [0.25, 0.3) is 33.1 Å². The monoisotopic (exact) mass is 730 g/mol. The van der Waals surface area contributed by atoms with E-state index < -0.39 is 28.7 Å². The summed E-state index contributed by atoms with van der Waals surface area (Å²) in [6.45, 7) is 5.94. The summed E-state index contributed by atoms with van der Waals surface area (Å²) >= 11 is 0. The van der Waals surface area contributed by atoms with E-state index in [4.69, 9.17) is 4.42 Å². The van der Waals surface area contributed by atoms with Crippen LogP contribution in [0.1, 0.15) is 91.4 Å². The van der Waals surface area contributed by atoms with Gasteiger partial charge in [0, 0.05) is 59.2 Å². The van der Waals surface area contributed by atoms with Gasteiger partial charge in [-0.15, -0.1) is 0 Å². The third-order valence-electron chi connectivity index (χ3n) is 10.5. The lowest BCUT2D eigenvalue weighted by Gasteiger charge is -2.43. The van der Waals surface area contributed by atoms with Crippen LogP contribution >= 0.6 is 0 Å². The molecular formula is C41H42F4N4O4. The van der Waals surface area contributed by atoms with Gasteiger partial charge in [0.25, 0.3) is 5.91 Å². The number of anilines is 1. The molecule has 12 heteroatoms. The minimum Gasteiger partial charge on any atom is -0.423 e. The topological polar surface area (TPSA) is 107 Å². The summed E-state index contributed by atoms with van der Waals surface area (Å²) in [5.74, 6) is -0.803. The number of carbonyl (C=O) groups is 2. The van der Waals surface area contributed by atoms with E-state index in [1.54, 1.807) is 4.90 Å². The maximum Gasteiger partial charge on any atom is 0.417 e. The molecule has 0 fully saturated rings. The molecule has 2 aromatic heterocycles. The molecule has 0 saturated heterocycles. The first kappa shape index (κ1) is 36.4. The van der Waals surface area contributed by atoms with E-state index in [0.717, 1.165) is 60.0 Å². The van der Waals surface area contributed by atoms with Crippen molar-refractivity contribution in [3.05, 3.63) is 98.7 Å². The van der Waals surface area contributed by atoms with Crippen LogP contribution in [0, 0.1) is 5.82 Å². The SMILES string of the molecule is CC1(C)CCc2cc3c(C(F)(F)F)cc(=O)oc3cc2N1C(=O)CCCCCCCNCc1ccc(-c2[nH]c3cc(F)cc4c3c2CCNC4=O)cc1. The zero-order chi connectivity index (χ0) is 37.5. The average Bonchev–Trinajstić information content (AvgIpc) is 3.37. The van der Waals surface area contributed by atoms with Crippen LogP contribution in [0.5, 0.6) is 0 Å². The first-order chi connectivity index (χ1) is 25.3. The number of carbonyl (C=O) groups excluding carboxylic acids is 2. The number of nitrogens with one attached hydrogen (secondary N) is 3. The molecule has 5 aromatic rings. The van der Waals surface area contributed by atoms with Crippen molar-refractivity contribution in [3.8, 4) is 11.3 Å². The summed E-state index contributed by atoms with van der Waals surface area (Å²) in [4.78, 5) is 43.1. The maximum atomic E-state index is 14.2. The van der Waals surface area contributed by atoms with Gasteiger partial charge in [-0.2, -0.15) is 13.2 Å². The van der Waals surface area contributed by atoms with Gasteiger partial charge in [0.2, 0.25) is 5.91 Å². The molecular weight excluding hydrogens is 688 g/mol. The number of aryl methyl sites for hydroxylation is 1. The highest BCUT2D eigenvalue weighted by Gasteiger charge is 2.39. The molecule has 53 heavy (non-hydrogen) atoms. The molecule has 2 aliphatic rings. The van der Waals surface area contributed by atoms with E-state index in [1.165, 1.54) is 24.3 Å². The normalized spacial score (nSPS) is 15.4. The van der Waals surface area contributed by atoms with Crippen LogP contribution in [0.15, 0.2) is 63.8 Å². The summed E-state index contributed by atoms with van der Waals surface area (Å²) < 4.78 is 60.5. The summed E-state index contributed by atoms with van der Waals surface area (Å²) in [7, 11) is 0. The summed E-state index contributed by atoms with van der Waals surface area (Å²) in [5.41, 5.74) is 3.33. The second-order valence-corrected chi connectivity index (χ2v) is 14.7. The standard InChI is InChI=1S/C41H42F4N4O4/c1-40(2)15-13-26-18-29-31(41(43,44)45)21-36(51)53-34(29)22-33(26)49(40)35(50)8-6-4-3-5-7-16-46-23-24-9-11-25(12-10-24)38-28-14-17-47-39(52)30-19-27(42)20-32(48-38)37(28)30/h9-12,18-22,46,48H,3-8,13-17,23H2,1-2H3,(H,47,52). The fourth-order valence-electron chi connectivity index (χ4n) is 7.86. The summed E-state index contributed by atoms with van der Waals surface area (Å²) in [6.07, 6.45) is 1.91. The number of H-pyrrole nitrogens is 1. The molecule has 8 nitrogen and oxygen atoms in total. The van der Waals surface area contributed by atoms with Crippen molar-refractivity contribution in [3.63, 3.8) is 0 Å². The lowest BCUT2D eigenvalue weighted by Crippen LogP contribution is -2.51. The fraction of sp³-hybridized carbons (Fsp3) is 0.390. The minimum atomic E-state index is -4.71. The lowest BCUT2D eigenvalue weighted by atomic mass is 9.85. The van der Waals surface area contributed by atoms with Crippen LogP contribution in [-0.4, -0.2) is 35.4 Å². The Bertz CT molecular complexity index is 2260. The molecule has 3 N–H and O–H groups in total. The van der Waals surface area contributed by atoms with Crippen molar-refractivity contribution >= 4 is 39.4 Å². The van der Waals surface area contributed by atoms with Gasteiger partial charge < -0.3 is 24.9 Å². The largest absolute Gasteiger partial charge is 0.423 e.